The molecule has 0 aromatic heterocycles. The number of ketones is 1. The van der Waals surface area contributed by atoms with E-state index in [1.165, 1.54) is 32.1 Å². The summed E-state index contributed by atoms with van der Waals surface area (Å²) in [6.07, 6.45) is 8.54. The standard InChI is InChI=1S/C27H37FN2O2/c1-17-15-29(12-13-30(17)27(32)19-6-3-4-7-19)16-23-18(2)20(10-11-24(23)28)14-25(31)26-21-8-5-9-22(21)26/h10-11,17,19,21-22,26H,3-9,12-16H2,1-2H3/t17-,21?,22?,26?/m0/s1. The van der Waals surface area contributed by atoms with Crippen molar-refractivity contribution >= 4 is 11.7 Å². The number of benzene rings is 1. The van der Waals surface area contributed by atoms with Crippen LogP contribution in [-0.4, -0.2) is 47.2 Å². The van der Waals surface area contributed by atoms with Crippen LogP contribution in [0, 0.1) is 36.4 Å². The van der Waals surface area contributed by atoms with E-state index in [2.05, 4.69) is 16.7 Å². The maximum Gasteiger partial charge on any atom is 0.226 e. The summed E-state index contributed by atoms with van der Waals surface area (Å²) < 4.78 is 14.8. The van der Waals surface area contributed by atoms with Crippen molar-refractivity contribution in [3.63, 3.8) is 0 Å². The summed E-state index contributed by atoms with van der Waals surface area (Å²) >= 11 is 0. The van der Waals surface area contributed by atoms with E-state index in [1.54, 1.807) is 6.07 Å². The number of nitrogens with zero attached hydrogens (tertiary/aromatic N) is 2. The van der Waals surface area contributed by atoms with Crippen molar-refractivity contribution in [1.82, 2.24) is 9.80 Å². The molecular weight excluding hydrogens is 403 g/mol. The molecule has 1 aromatic carbocycles. The van der Waals surface area contributed by atoms with Gasteiger partial charge in [-0.05, 0) is 68.6 Å². The highest BCUT2D eigenvalue weighted by Gasteiger charge is 2.55. The van der Waals surface area contributed by atoms with Crippen LogP contribution in [0.25, 0.3) is 0 Å². The van der Waals surface area contributed by atoms with E-state index >= 15 is 0 Å². The van der Waals surface area contributed by atoms with Gasteiger partial charge in [0.1, 0.15) is 11.6 Å². The molecule has 4 fully saturated rings. The first-order valence-corrected chi connectivity index (χ1v) is 12.8. The predicted octanol–water partition coefficient (Wildman–Crippen LogP) is 4.51. The molecule has 0 radical (unpaired) electrons. The van der Waals surface area contributed by atoms with Crippen LogP contribution in [0.4, 0.5) is 4.39 Å². The predicted molar refractivity (Wildman–Crippen MR) is 123 cm³/mol. The third-order valence-electron chi connectivity index (χ3n) is 8.88. The quantitative estimate of drug-likeness (QED) is 0.653. The number of carbonyl (C=O) groups is 2. The Morgan fingerprint density at radius 3 is 2.44 bits per heavy atom. The van der Waals surface area contributed by atoms with Crippen molar-refractivity contribution in [3.8, 4) is 0 Å². The number of halogens is 1. The highest BCUT2D eigenvalue weighted by atomic mass is 19.1. The van der Waals surface area contributed by atoms with Crippen LogP contribution in [-0.2, 0) is 22.6 Å². The van der Waals surface area contributed by atoms with Crippen LogP contribution in [0.5, 0.6) is 0 Å². The van der Waals surface area contributed by atoms with E-state index in [-0.39, 0.29) is 23.7 Å². The number of Topliss-reactive ketones (excluding diaryl/α,β-unsaturated/α-hetero) is 1. The molecule has 1 amide bonds. The lowest BCUT2D eigenvalue weighted by Gasteiger charge is -2.41. The lowest BCUT2D eigenvalue weighted by molar-refractivity contribution is -0.140. The molecule has 3 saturated carbocycles. The summed E-state index contributed by atoms with van der Waals surface area (Å²) in [6, 6.07) is 3.51. The van der Waals surface area contributed by atoms with Gasteiger partial charge in [-0.2, -0.15) is 0 Å². The Balaban J connectivity index is 1.22. The van der Waals surface area contributed by atoms with Crippen molar-refractivity contribution in [2.24, 2.45) is 23.7 Å². The minimum Gasteiger partial charge on any atom is -0.337 e. The fourth-order valence-corrected chi connectivity index (χ4v) is 6.90. The Hall–Kier alpha value is -1.75. The maximum atomic E-state index is 14.8. The lowest BCUT2D eigenvalue weighted by atomic mass is 9.94. The summed E-state index contributed by atoms with van der Waals surface area (Å²) in [7, 11) is 0. The molecule has 5 rings (SSSR count). The van der Waals surface area contributed by atoms with Gasteiger partial charge in [-0.1, -0.05) is 25.3 Å². The van der Waals surface area contributed by atoms with Crippen LogP contribution in [0.3, 0.4) is 0 Å². The molecule has 1 saturated heterocycles. The van der Waals surface area contributed by atoms with Crippen molar-refractivity contribution in [3.05, 3.63) is 34.6 Å². The number of piperazine rings is 1. The zero-order valence-corrected chi connectivity index (χ0v) is 19.6. The van der Waals surface area contributed by atoms with Gasteiger partial charge in [0, 0.05) is 56.0 Å². The van der Waals surface area contributed by atoms with Crippen molar-refractivity contribution in [2.75, 3.05) is 19.6 Å². The average molecular weight is 441 g/mol. The number of hydrogen-bond acceptors (Lipinski definition) is 3. The monoisotopic (exact) mass is 440 g/mol. The van der Waals surface area contributed by atoms with Gasteiger partial charge in [-0.15, -0.1) is 0 Å². The van der Waals surface area contributed by atoms with Gasteiger partial charge < -0.3 is 4.90 Å². The molecule has 5 heteroatoms. The van der Waals surface area contributed by atoms with Crippen molar-refractivity contribution in [1.29, 1.82) is 0 Å². The van der Waals surface area contributed by atoms with Crippen LogP contribution in [0.2, 0.25) is 0 Å². The largest absolute Gasteiger partial charge is 0.337 e. The Morgan fingerprint density at radius 2 is 1.75 bits per heavy atom. The normalized spacial score (nSPS) is 30.5. The molecule has 0 spiro atoms. The number of amides is 1. The van der Waals surface area contributed by atoms with Gasteiger partial charge in [0.25, 0.3) is 0 Å². The first kappa shape index (κ1) is 22.1. The first-order chi connectivity index (χ1) is 15.4. The minimum atomic E-state index is -0.181. The summed E-state index contributed by atoms with van der Waals surface area (Å²) in [5.74, 6) is 2.24. The fourth-order valence-electron chi connectivity index (χ4n) is 6.90. The minimum absolute atomic E-state index is 0.152. The maximum absolute atomic E-state index is 14.8. The molecule has 4 aliphatic rings. The Bertz CT molecular complexity index is 884. The van der Waals surface area contributed by atoms with Crippen LogP contribution in [0.1, 0.15) is 68.6 Å². The zero-order chi connectivity index (χ0) is 22.4. The molecule has 4 nitrogen and oxygen atoms in total. The SMILES string of the molecule is Cc1c(CC(=O)C2C3CCCC32)ccc(F)c1CN1CCN(C(=O)C2CCCC2)[C@@H](C)C1. The Kier molecular flexibility index (Phi) is 6.13. The van der Waals surface area contributed by atoms with Crippen LogP contribution < -0.4 is 0 Å². The first-order valence-electron chi connectivity index (χ1n) is 12.8. The fraction of sp³-hybridized carbons (Fsp3) is 0.704. The highest BCUT2D eigenvalue weighted by Crippen LogP contribution is 2.58. The number of fused-ring (bicyclic) bond motifs is 1. The second kappa shape index (κ2) is 8.89. The van der Waals surface area contributed by atoms with Crippen molar-refractivity contribution in [2.45, 2.75) is 77.8 Å². The summed E-state index contributed by atoms with van der Waals surface area (Å²) in [5, 5.41) is 0. The average Bonchev–Trinajstić information content (AvgIpc) is 3.16. The molecule has 1 aromatic rings. The molecule has 1 aliphatic heterocycles. The van der Waals surface area contributed by atoms with Crippen LogP contribution >= 0.6 is 0 Å². The van der Waals surface area contributed by atoms with Gasteiger partial charge in [-0.25, -0.2) is 4.39 Å². The lowest BCUT2D eigenvalue weighted by Crippen LogP contribution is -2.54. The van der Waals surface area contributed by atoms with E-state index in [0.717, 1.165) is 43.6 Å². The van der Waals surface area contributed by atoms with Gasteiger partial charge in [0.15, 0.2) is 0 Å². The number of rotatable bonds is 6. The molecule has 2 unspecified atom stereocenters. The van der Waals surface area contributed by atoms with Crippen molar-refractivity contribution < 1.29 is 14.0 Å². The Labute approximate surface area is 191 Å². The number of carbonyl (C=O) groups excluding carboxylic acids is 2. The molecule has 0 N–H and O–H groups in total. The second-order valence-corrected chi connectivity index (χ2v) is 10.8. The zero-order valence-electron chi connectivity index (χ0n) is 19.6. The summed E-state index contributed by atoms with van der Waals surface area (Å²) in [6.45, 7) is 6.90. The summed E-state index contributed by atoms with van der Waals surface area (Å²) in [4.78, 5) is 30.0. The smallest absolute Gasteiger partial charge is 0.226 e. The molecular formula is C27H37FN2O2. The molecule has 1 heterocycles. The Morgan fingerprint density at radius 1 is 1.03 bits per heavy atom. The number of hydrogen-bond donors (Lipinski definition) is 0. The van der Waals surface area contributed by atoms with E-state index in [4.69, 9.17) is 0 Å². The van der Waals surface area contributed by atoms with E-state index in [1.807, 2.05) is 13.0 Å². The molecule has 32 heavy (non-hydrogen) atoms. The molecule has 0 bridgehead atoms. The highest BCUT2D eigenvalue weighted by molar-refractivity contribution is 5.87. The van der Waals surface area contributed by atoms with E-state index in [9.17, 15) is 14.0 Å². The third-order valence-corrected chi connectivity index (χ3v) is 8.88. The van der Waals surface area contributed by atoms with Gasteiger partial charge in [0.2, 0.25) is 5.91 Å². The second-order valence-electron chi connectivity index (χ2n) is 10.8. The molecule has 3 atom stereocenters. The van der Waals surface area contributed by atoms with Gasteiger partial charge in [0.05, 0.1) is 0 Å². The van der Waals surface area contributed by atoms with Gasteiger partial charge >= 0.3 is 0 Å². The molecule has 3 aliphatic carbocycles. The van der Waals surface area contributed by atoms with Gasteiger partial charge in [-0.3, -0.25) is 14.5 Å². The van der Waals surface area contributed by atoms with Crippen LogP contribution in [0.15, 0.2) is 12.1 Å². The van der Waals surface area contributed by atoms with E-state index in [0.29, 0.717) is 42.1 Å². The van der Waals surface area contributed by atoms with E-state index < -0.39 is 0 Å². The molecule has 174 valence electrons. The third kappa shape index (κ3) is 4.13. The summed E-state index contributed by atoms with van der Waals surface area (Å²) in [5.41, 5.74) is 2.63. The topological polar surface area (TPSA) is 40.6 Å².